The van der Waals surface area contributed by atoms with Crippen molar-refractivity contribution in [2.45, 2.75) is 6.54 Å². The van der Waals surface area contributed by atoms with E-state index in [1.807, 2.05) is 54.6 Å². The van der Waals surface area contributed by atoms with Crippen LogP contribution in [0.1, 0.15) is 16.2 Å². The molecule has 30 heavy (non-hydrogen) atoms. The van der Waals surface area contributed by atoms with Crippen molar-refractivity contribution >= 4 is 29.1 Å². The van der Waals surface area contributed by atoms with E-state index in [4.69, 9.17) is 23.2 Å². The molecule has 1 heterocycles. The maximum Gasteiger partial charge on any atom is 0.291 e. The first kappa shape index (κ1) is 19.9. The smallest absolute Gasteiger partial charge is 0.291 e. The molecule has 8 heteroatoms. The van der Waals surface area contributed by atoms with Gasteiger partial charge in [0.1, 0.15) is 6.33 Å². The van der Waals surface area contributed by atoms with Crippen LogP contribution in [0.5, 0.6) is 5.75 Å². The SMILES string of the molecule is O=C(NCc1cccc(-c2ccccc2)c1)c1ncn(-c2cc(Cl)c(O)c(Cl)c2)n1. The summed E-state index contributed by atoms with van der Waals surface area (Å²) in [5.74, 6) is -0.609. The molecule has 0 spiro atoms. The number of carbonyl (C=O) groups excluding carboxylic acids is 1. The molecular weight excluding hydrogens is 423 g/mol. The quantitative estimate of drug-likeness (QED) is 0.465. The van der Waals surface area contributed by atoms with Gasteiger partial charge in [0.05, 0.1) is 15.7 Å². The maximum absolute atomic E-state index is 12.5. The molecule has 0 atom stereocenters. The molecule has 150 valence electrons. The Balaban J connectivity index is 1.46. The molecule has 2 N–H and O–H groups in total. The van der Waals surface area contributed by atoms with Crippen LogP contribution in [0.3, 0.4) is 0 Å². The Morgan fingerprint density at radius 2 is 1.67 bits per heavy atom. The van der Waals surface area contributed by atoms with Gasteiger partial charge in [-0.25, -0.2) is 9.67 Å². The molecule has 6 nitrogen and oxygen atoms in total. The van der Waals surface area contributed by atoms with Crippen LogP contribution in [-0.4, -0.2) is 25.8 Å². The van der Waals surface area contributed by atoms with E-state index in [0.717, 1.165) is 16.7 Å². The molecule has 0 aliphatic heterocycles. The summed E-state index contributed by atoms with van der Waals surface area (Å²) in [4.78, 5) is 16.5. The zero-order valence-electron chi connectivity index (χ0n) is 15.6. The van der Waals surface area contributed by atoms with E-state index in [1.165, 1.54) is 23.1 Å². The van der Waals surface area contributed by atoms with E-state index in [9.17, 15) is 9.90 Å². The molecule has 4 rings (SSSR count). The molecule has 0 unspecified atom stereocenters. The molecule has 1 aromatic heterocycles. The number of nitrogens with one attached hydrogen (secondary N) is 1. The normalized spacial score (nSPS) is 10.7. The van der Waals surface area contributed by atoms with Crippen LogP contribution in [0, 0.1) is 0 Å². The average Bonchev–Trinajstić information content (AvgIpc) is 3.27. The molecule has 0 bridgehead atoms. The lowest BCUT2D eigenvalue weighted by atomic mass is 10.0. The Hall–Kier alpha value is -3.35. The predicted molar refractivity (Wildman–Crippen MR) is 116 cm³/mol. The van der Waals surface area contributed by atoms with Gasteiger partial charge < -0.3 is 10.4 Å². The Kier molecular flexibility index (Phi) is 5.70. The standard InChI is InChI=1S/C22H16Cl2N4O2/c23-18-10-17(11-19(24)20(18)29)28-13-26-21(27-28)22(30)25-12-14-5-4-8-16(9-14)15-6-2-1-3-7-15/h1-11,13,29H,12H2,(H,25,30). The van der Waals surface area contributed by atoms with Crippen LogP contribution in [0.15, 0.2) is 73.1 Å². The van der Waals surface area contributed by atoms with Crippen molar-refractivity contribution in [1.82, 2.24) is 20.1 Å². The van der Waals surface area contributed by atoms with Crippen LogP contribution >= 0.6 is 23.2 Å². The van der Waals surface area contributed by atoms with Crippen molar-refractivity contribution in [1.29, 1.82) is 0 Å². The fourth-order valence-electron chi connectivity index (χ4n) is 2.93. The molecule has 3 aromatic carbocycles. The fraction of sp³-hybridized carbons (Fsp3) is 0.0455. The third-order valence-corrected chi connectivity index (χ3v) is 5.02. The van der Waals surface area contributed by atoms with E-state index in [0.29, 0.717) is 12.2 Å². The van der Waals surface area contributed by atoms with Gasteiger partial charge in [0.2, 0.25) is 5.82 Å². The lowest BCUT2D eigenvalue weighted by Crippen LogP contribution is -2.24. The van der Waals surface area contributed by atoms with E-state index in [-0.39, 0.29) is 21.6 Å². The molecule has 0 aliphatic rings. The predicted octanol–water partition coefficient (Wildman–Crippen LogP) is 4.88. The summed E-state index contributed by atoms with van der Waals surface area (Å²) in [6, 6.07) is 20.9. The molecule has 0 saturated heterocycles. The summed E-state index contributed by atoms with van der Waals surface area (Å²) in [5.41, 5.74) is 3.62. The summed E-state index contributed by atoms with van der Waals surface area (Å²) in [7, 11) is 0. The minimum Gasteiger partial charge on any atom is -0.505 e. The van der Waals surface area contributed by atoms with E-state index in [2.05, 4.69) is 15.4 Å². The fourth-order valence-corrected chi connectivity index (χ4v) is 3.40. The van der Waals surface area contributed by atoms with Crippen molar-refractivity contribution in [3.63, 3.8) is 0 Å². The Bertz CT molecular complexity index is 1190. The molecule has 0 saturated carbocycles. The number of phenols is 1. The van der Waals surface area contributed by atoms with Crippen molar-refractivity contribution in [3.8, 4) is 22.6 Å². The van der Waals surface area contributed by atoms with Crippen LogP contribution in [0.4, 0.5) is 0 Å². The van der Waals surface area contributed by atoms with Gasteiger partial charge in [-0.05, 0) is 34.9 Å². The number of rotatable bonds is 5. The van der Waals surface area contributed by atoms with Gasteiger partial charge in [-0.1, -0.05) is 71.7 Å². The van der Waals surface area contributed by atoms with E-state index < -0.39 is 5.91 Å². The average molecular weight is 439 g/mol. The first-order valence-corrected chi connectivity index (χ1v) is 9.79. The Labute approximate surface area is 182 Å². The van der Waals surface area contributed by atoms with E-state index in [1.54, 1.807) is 0 Å². The van der Waals surface area contributed by atoms with Gasteiger partial charge in [-0.2, -0.15) is 0 Å². The van der Waals surface area contributed by atoms with Crippen LogP contribution in [0.25, 0.3) is 16.8 Å². The molecule has 0 aliphatic carbocycles. The number of amides is 1. The number of hydrogen-bond acceptors (Lipinski definition) is 4. The first-order chi connectivity index (χ1) is 14.5. The van der Waals surface area contributed by atoms with Crippen LogP contribution in [0.2, 0.25) is 10.0 Å². The third kappa shape index (κ3) is 4.30. The second-order valence-corrected chi connectivity index (χ2v) is 7.33. The van der Waals surface area contributed by atoms with Gasteiger partial charge in [0.15, 0.2) is 5.75 Å². The summed E-state index contributed by atoms with van der Waals surface area (Å²) < 4.78 is 1.36. The van der Waals surface area contributed by atoms with Crippen molar-refractivity contribution < 1.29 is 9.90 Å². The highest BCUT2D eigenvalue weighted by Crippen LogP contribution is 2.33. The van der Waals surface area contributed by atoms with E-state index >= 15 is 0 Å². The number of carbonyl (C=O) groups is 1. The third-order valence-electron chi connectivity index (χ3n) is 4.45. The van der Waals surface area contributed by atoms with Crippen LogP contribution < -0.4 is 5.32 Å². The summed E-state index contributed by atoms with van der Waals surface area (Å²) >= 11 is 11.9. The van der Waals surface area contributed by atoms with Crippen LogP contribution in [-0.2, 0) is 6.54 Å². The summed E-state index contributed by atoms with van der Waals surface area (Å²) in [6.45, 7) is 0.338. The maximum atomic E-state index is 12.5. The largest absolute Gasteiger partial charge is 0.505 e. The van der Waals surface area contributed by atoms with Gasteiger partial charge >= 0.3 is 0 Å². The molecule has 0 radical (unpaired) electrons. The van der Waals surface area contributed by atoms with Gasteiger partial charge in [-0.15, -0.1) is 5.10 Å². The van der Waals surface area contributed by atoms with Gasteiger partial charge in [0, 0.05) is 6.54 Å². The number of phenolic OH excluding ortho intramolecular Hbond substituents is 1. The number of hydrogen-bond donors (Lipinski definition) is 2. The Morgan fingerprint density at radius 1 is 0.967 bits per heavy atom. The summed E-state index contributed by atoms with van der Waals surface area (Å²) in [5, 5.41) is 16.8. The molecule has 4 aromatic rings. The van der Waals surface area contributed by atoms with Crippen molar-refractivity contribution in [3.05, 3.63) is 94.5 Å². The topological polar surface area (TPSA) is 80.0 Å². The minimum atomic E-state index is -0.408. The number of halogens is 2. The first-order valence-electron chi connectivity index (χ1n) is 9.04. The monoisotopic (exact) mass is 438 g/mol. The van der Waals surface area contributed by atoms with Gasteiger partial charge in [-0.3, -0.25) is 4.79 Å². The number of aromatic nitrogens is 3. The second kappa shape index (κ2) is 8.57. The zero-order valence-corrected chi connectivity index (χ0v) is 17.1. The molecular formula is C22H16Cl2N4O2. The second-order valence-electron chi connectivity index (χ2n) is 6.52. The minimum absolute atomic E-state index is 0.00883. The Morgan fingerprint density at radius 3 is 2.40 bits per heavy atom. The van der Waals surface area contributed by atoms with Crippen molar-refractivity contribution in [2.24, 2.45) is 0 Å². The van der Waals surface area contributed by atoms with Gasteiger partial charge in [0.25, 0.3) is 5.91 Å². The zero-order chi connectivity index (χ0) is 21.1. The van der Waals surface area contributed by atoms with Crippen molar-refractivity contribution in [2.75, 3.05) is 0 Å². The lowest BCUT2D eigenvalue weighted by molar-refractivity contribution is 0.0940. The number of aromatic hydroxyl groups is 1. The number of benzene rings is 3. The summed E-state index contributed by atoms with van der Waals surface area (Å²) in [6.07, 6.45) is 1.38. The number of nitrogens with zero attached hydrogens (tertiary/aromatic N) is 3. The highest BCUT2D eigenvalue weighted by atomic mass is 35.5. The molecule has 1 amide bonds. The highest BCUT2D eigenvalue weighted by Gasteiger charge is 2.14. The highest BCUT2D eigenvalue weighted by molar-refractivity contribution is 6.37. The lowest BCUT2D eigenvalue weighted by Gasteiger charge is -2.07. The molecule has 0 fully saturated rings.